The molecule has 0 aromatic heterocycles. The molecule has 2 fully saturated rings. The molecule has 2 aliphatic heterocycles. The first-order chi connectivity index (χ1) is 14.2. The molecule has 0 aromatic carbocycles. The molecule has 2 heterocycles. The van der Waals surface area contributed by atoms with E-state index in [-0.39, 0.29) is 0 Å². The molecule has 0 aliphatic carbocycles. The van der Waals surface area contributed by atoms with Crippen LogP contribution in [0.2, 0.25) is 33.0 Å². The van der Waals surface area contributed by atoms with E-state index >= 15 is 0 Å². The van der Waals surface area contributed by atoms with Gasteiger partial charge in [0.2, 0.25) is 0 Å². The van der Waals surface area contributed by atoms with Crippen LogP contribution in [0, 0.1) is 5.92 Å². The second-order valence-electron chi connectivity index (χ2n) is 11.1. The molecule has 30 heavy (non-hydrogen) atoms. The van der Waals surface area contributed by atoms with Gasteiger partial charge in [0.1, 0.15) is 0 Å². The van der Waals surface area contributed by atoms with Crippen LogP contribution in [0.4, 0.5) is 0 Å². The average Bonchev–Trinajstić information content (AvgIpc) is 3.08. The molecule has 4 heteroatoms. The summed E-state index contributed by atoms with van der Waals surface area (Å²) >= 11 is -2.36. The monoisotopic (exact) mass is 539 g/mol. The molecule has 2 saturated heterocycles. The Morgan fingerprint density at radius 3 is 2.03 bits per heavy atom. The van der Waals surface area contributed by atoms with E-state index in [1.165, 1.54) is 57.0 Å². The number of piperidine rings is 1. The minimum atomic E-state index is -2.36. The third-order valence-corrected chi connectivity index (χ3v) is 24.3. The van der Waals surface area contributed by atoms with E-state index in [0.717, 1.165) is 25.8 Å². The number of hydrogen-bond acceptors (Lipinski definition) is 1. The first-order valence-electron chi connectivity index (χ1n) is 12.9. The third kappa shape index (κ3) is 6.49. The van der Waals surface area contributed by atoms with Crippen LogP contribution in [-0.2, 0) is 4.79 Å². The summed E-state index contributed by atoms with van der Waals surface area (Å²) in [7, 11) is -1.47. The van der Waals surface area contributed by atoms with Crippen LogP contribution in [0.25, 0.3) is 0 Å². The molecule has 0 saturated carbocycles. The van der Waals surface area contributed by atoms with Crippen LogP contribution in [0.3, 0.4) is 0 Å². The Balaban J connectivity index is 2.47. The van der Waals surface area contributed by atoms with Gasteiger partial charge in [-0.3, -0.25) is 0 Å². The Hall–Kier alpha value is -0.0344. The molecule has 0 unspecified atom stereocenters. The molecule has 0 aromatic rings. The van der Waals surface area contributed by atoms with Crippen molar-refractivity contribution in [3.8, 4) is 0 Å². The Labute approximate surface area is 192 Å². The van der Waals surface area contributed by atoms with Gasteiger partial charge >= 0.3 is 194 Å². The van der Waals surface area contributed by atoms with Crippen molar-refractivity contribution >= 4 is 32.4 Å². The Morgan fingerprint density at radius 1 is 1.03 bits per heavy atom. The van der Waals surface area contributed by atoms with Gasteiger partial charge in [0.25, 0.3) is 0 Å². The molecule has 0 spiro atoms. The predicted molar refractivity (Wildman–Crippen MR) is 138 cm³/mol. The summed E-state index contributed by atoms with van der Waals surface area (Å²) in [6.07, 6.45) is 11.2. The molecule has 1 amide bonds. The SMILES string of the molecule is C=C([C@H]1/C(=[CH]\[Sn]([CH2]CCC)([CH2]CCC)[CH2]CCC)CCN2C(=O)CC[C@H]12)[Si](C)(C)C. The normalized spacial score (nSPS) is 23.9. The van der Waals surface area contributed by atoms with Crippen LogP contribution in [-0.4, -0.2) is 49.8 Å². The van der Waals surface area contributed by atoms with Crippen molar-refractivity contribution in [2.75, 3.05) is 6.54 Å². The van der Waals surface area contributed by atoms with Gasteiger partial charge in [0.05, 0.1) is 0 Å². The maximum absolute atomic E-state index is 12.5. The zero-order chi connectivity index (χ0) is 22.4. The molecular formula is C26H49NOSiSn. The second kappa shape index (κ2) is 11.7. The summed E-state index contributed by atoms with van der Waals surface area (Å²) < 4.78 is 7.59. The van der Waals surface area contributed by atoms with Gasteiger partial charge in [-0.05, 0) is 0 Å². The third-order valence-electron chi connectivity index (χ3n) is 7.72. The number of nitrogens with zero attached hydrogens (tertiary/aromatic N) is 1. The maximum atomic E-state index is 12.5. The number of unbranched alkanes of at least 4 members (excludes halogenated alkanes) is 3. The zero-order valence-electron chi connectivity index (χ0n) is 21.0. The van der Waals surface area contributed by atoms with Crippen molar-refractivity contribution in [2.24, 2.45) is 5.92 Å². The number of rotatable bonds is 12. The molecular weight excluding hydrogens is 489 g/mol. The Morgan fingerprint density at radius 2 is 1.57 bits per heavy atom. The van der Waals surface area contributed by atoms with E-state index in [9.17, 15) is 4.79 Å². The summed E-state index contributed by atoms with van der Waals surface area (Å²) in [5, 5.41) is 1.50. The molecule has 2 atom stereocenters. The van der Waals surface area contributed by atoms with E-state index in [1.807, 2.05) is 0 Å². The first-order valence-corrected chi connectivity index (χ1v) is 24.1. The van der Waals surface area contributed by atoms with Crippen molar-refractivity contribution in [3.63, 3.8) is 0 Å². The van der Waals surface area contributed by atoms with Crippen molar-refractivity contribution in [2.45, 2.75) is 118 Å². The number of carbonyl (C=O) groups is 1. The Kier molecular flexibility index (Phi) is 10.2. The number of carbonyl (C=O) groups excluding carboxylic acids is 1. The standard InChI is InChI=1S/C14H22NOSi.3C4H9.Sn/c1-10-8-9-15-12(6-7-13(15)16)14(10)11(2)17(3,4)5;3*1-3-4-2;/h1,12,14H,2,6-9H2,3-5H3;3*1,3-4H2,2H3;/t12-,14-;;;;/m1..../s1. The number of fused-ring (bicyclic) bond motifs is 1. The molecule has 2 nitrogen and oxygen atoms in total. The summed E-state index contributed by atoms with van der Waals surface area (Å²) in [5.74, 6) is 0.850. The summed E-state index contributed by atoms with van der Waals surface area (Å²) in [6.45, 7) is 20.1. The van der Waals surface area contributed by atoms with E-state index < -0.39 is 26.5 Å². The van der Waals surface area contributed by atoms with Crippen LogP contribution in [0.5, 0.6) is 0 Å². The molecule has 2 rings (SSSR count). The second-order valence-corrected chi connectivity index (χ2v) is 29.1. The summed E-state index contributed by atoms with van der Waals surface area (Å²) in [5.41, 5.74) is 1.73. The molecule has 0 N–H and O–H groups in total. The van der Waals surface area contributed by atoms with Crippen molar-refractivity contribution < 1.29 is 4.79 Å². The topological polar surface area (TPSA) is 20.3 Å². The van der Waals surface area contributed by atoms with Crippen molar-refractivity contribution in [1.29, 1.82) is 0 Å². The van der Waals surface area contributed by atoms with Crippen molar-refractivity contribution in [1.82, 2.24) is 4.90 Å². The molecule has 172 valence electrons. The van der Waals surface area contributed by atoms with Crippen LogP contribution >= 0.6 is 0 Å². The quantitative estimate of drug-likeness (QED) is 0.233. The first kappa shape index (κ1) is 26.2. The fourth-order valence-electron chi connectivity index (χ4n) is 5.70. The molecule has 2 aliphatic rings. The Bertz CT molecular complexity index is 599. The van der Waals surface area contributed by atoms with Gasteiger partial charge in [-0.15, -0.1) is 0 Å². The summed E-state index contributed by atoms with van der Waals surface area (Å²) in [4.78, 5) is 14.8. The fraction of sp³-hybridized carbons (Fsp3) is 0.808. The molecule has 0 radical (unpaired) electrons. The number of amides is 1. The van der Waals surface area contributed by atoms with Gasteiger partial charge in [-0.25, -0.2) is 0 Å². The zero-order valence-corrected chi connectivity index (χ0v) is 24.8. The number of hydrogen-bond donors (Lipinski definition) is 0. The van der Waals surface area contributed by atoms with Gasteiger partial charge in [-0.1, -0.05) is 0 Å². The van der Waals surface area contributed by atoms with Crippen molar-refractivity contribution in [3.05, 3.63) is 21.4 Å². The van der Waals surface area contributed by atoms with E-state index in [1.54, 1.807) is 5.57 Å². The van der Waals surface area contributed by atoms with Crippen LogP contribution in [0.1, 0.15) is 78.6 Å². The van der Waals surface area contributed by atoms with E-state index in [2.05, 4.69) is 49.4 Å². The van der Waals surface area contributed by atoms with Gasteiger partial charge in [0.15, 0.2) is 0 Å². The van der Waals surface area contributed by atoms with Crippen LogP contribution in [0.15, 0.2) is 21.4 Å². The van der Waals surface area contributed by atoms with Crippen LogP contribution < -0.4 is 0 Å². The van der Waals surface area contributed by atoms with Gasteiger partial charge in [-0.2, -0.15) is 0 Å². The average molecular weight is 538 g/mol. The summed E-state index contributed by atoms with van der Waals surface area (Å²) in [6, 6.07) is 0.407. The molecule has 0 bridgehead atoms. The van der Waals surface area contributed by atoms with Gasteiger partial charge in [0, 0.05) is 0 Å². The minimum absolute atomic E-state index is 0.394. The predicted octanol–water partition coefficient (Wildman–Crippen LogP) is 7.75. The van der Waals surface area contributed by atoms with Gasteiger partial charge < -0.3 is 0 Å². The fourth-order valence-corrected chi connectivity index (χ4v) is 22.6. The van der Waals surface area contributed by atoms with E-state index in [4.69, 9.17) is 6.58 Å². The van der Waals surface area contributed by atoms with E-state index in [0.29, 0.717) is 17.9 Å².